The lowest BCUT2D eigenvalue weighted by molar-refractivity contribution is -0.116. The molecule has 0 fully saturated rings. The first kappa shape index (κ1) is 21.8. The van der Waals surface area contributed by atoms with Crippen LogP contribution in [0.4, 0.5) is 16.2 Å². The van der Waals surface area contributed by atoms with E-state index in [1.54, 1.807) is 25.2 Å². The maximum absolute atomic E-state index is 12.7. The third-order valence-electron chi connectivity index (χ3n) is 4.42. The SMILES string of the molecule is COCCOC(=O)Nc1cccc(NC(=O)Cn2c(=O)c3c(ncn3C)n(C)c2=O)c1. The largest absolute Gasteiger partial charge is 0.447 e. The van der Waals surface area contributed by atoms with Crippen LogP contribution in [-0.2, 0) is 34.9 Å². The van der Waals surface area contributed by atoms with Crippen molar-refractivity contribution < 1.29 is 19.1 Å². The van der Waals surface area contributed by atoms with E-state index in [4.69, 9.17) is 9.47 Å². The van der Waals surface area contributed by atoms with Crippen molar-refractivity contribution in [3.8, 4) is 0 Å². The number of nitrogens with one attached hydrogen (secondary N) is 2. The van der Waals surface area contributed by atoms with Crippen LogP contribution in [-0.4, -0.2) is 51.0 Å². The summed E-state index contributed by atoms with van der Waals surface area (Å²) in [5.41, 5.74) is -0.0442. The standard InChI is InChI=1S/C19H22N6O6/c1-23-11-20-16-15(23)17(27)25(19(29)24(16)2)10-14(26)21-12-5-4-6-13(9-12)22-18(28)31-8-7-30-3/h4-6,9,11H,7-8,10H2,1-3H3,(H,21,26)(H,22,28). The number of carbonyl (C=O) groups excluding carboxylic acids is 2. The fraction of sp³-hybridized carbons (Fsp3) is 0.316. The van der Waals surface area contributed by atoms with Gasteiger partial charge < -0.3 is 19.4 Å². The fourth-order valence-electron chi connectivity index (χ4n) is 2.93. The number of methoxy groups -OCH3 is 1. The first-order valence-corrected chi connectivity index (χ1v) is 9.25. The van der Waals surface area contributed by atoms with E-state index in [9.17, 15) is 19.2 Å². The molecule has 0 saturated heterocycles. The van der Waals surface area contributed by atoms with Gasteiger partial charge >= 0.3 is 11.8 Å². The summed E-state index contributed by atoms with van der Waals surface area (Å²) in [4.78, 5) is 53.5. The number of rotatable bonds is 7. The molecule has 3 rings (SSSR count). The van der Waals surface area contributed by atoms with E-state index >= 15 is 0 Å². The molecule has 0 unspecified atom stereocenters. The molecule has 2 amide bonds. The topological polar surface area (TPSA) is 138 Å². The van der Waals surface area contributed by atoms with Crippen LogP contribution in [0.2, 0.25) is 0 Å². The highest BCUT2D eigenvalue weighted by atomic mass is 16.6. The molecule has 2 aromatic heterocycles. The summed E-state index contributed by atoms with van der Waals surface area (Å²) in [6.07, 6.45) is 0.759. The number of imidazole rings is 1. The lowest BCUT2D eigenvalue weighted by Gasteiger charge is -2.11. The number of aromatic nitrogens is 4. The number of ether oxygens (including phenoxy) is 2. The lowest BCUT2D eigenvalue weighted by atomic mass is 10.2. The Morgan fingerprint density at radius 1 is 1.10 bits per heavy atom. The molecule has 0 atom stereocenters. The maximum atomic E-state index is 12.7. The molecule has 164 valence electrons. The second-order valence-corrected chi connectivity index (χ2v) is 6.64. The summed E-state index contributed by atoms with van der Waals surface area (Å²) in [6.45, 7) is -0.111. The number of benzene rings is 1. The Morgan fingerprint density at radius 3 is 2.52 bits per heavy atom. The molecule has 0 saturated carbocycles. The summed E-state index contributed by atoms with van der Waals surface area (Å²) in [6, 6.07) is 6.35. The molecule has 31 heavy (non-hydrogen) atoms. The first-order valence-electron chi connectivity index (χ1n) is 9.25. The number of fused-ring (bicyclic) bond motifs is 1. The predicted octanol–water partition coefficient (Wildman–Crippen LogP) is 0.267. The Hall–Kier alpha value is -3.93. The van der Waals surface area contributed by atoms with E-state index in [1.807, 2.05) is 0 Å². The summed E-state index contributed by atoms with van der Waals surface area (Å²) in [5, 5.41) is 5.13. The van der Waals surface area contributed by atoms with Crippen molar-refractivity contribution in [2.45, 2.75) is 6.54 Å². The van der Waals surface area contributed by atoms with E-state index in [2.05, 4.69) is 15.6 Å². The number of anilines is 2. The van der Waals surface area contributed by atoms with Gasteiger partial charge in [-0.3, -0.25) is 19.5 Å². The molecule has 2 heterocycles. The summed E-state index contributed by atoms with van der Waals surface area (Å²) in [7, 11) is 4.60. The minimum atomic E-state index is -0.667. The van der Waals surface area contributed by atoms with Gasteiger partial charge in [0.1, 0.15) is 13.2 Å². The molecule has 0 bridgehead atoms. The summed E-state index contributed by atoms with van der Waals surface area (Å²) in [5.74, 6) is -0.583. The van der Waals surface area contributed by atoms with Gasteiger partial charge in [-0.2, -0.15) is 0 Å². The third kappa shape index (κ3) is 4.80. The van der Waals surface area contributed by atoms with Crippen LogP contribution in [0.1, 0.15) is 0 Å². The molecule has 12 nitrogen and oxygen atoms in total. The molecule has 0 radical (unpaired) electrons. The quantitative estimate of drug-likeness (QED) is 0.513. The highest BCUT2D eigenvalue weighted by Crippen LogP contribution is 2.15. The number of amides is 2. The Morgan fingerprint density at radius 2 is 1.81 bits per heavy atom. The fourth-order valence-corrected chi connectivity index (χ4v) is 2.93. The number of aryl methyl sites for hydroxylation is 2. The van der Waals surface area contributed by atoms with Gasteiger partial charge in [0, 0.05) is 32.6 Å². The van der Waals surface area contributed by atoms with Crippen molar-refractivity contribution in [3.05, 3.63) is 51.4 Å². The molecule has 12 heteroatoms. The van der Waals surface area contributed by atoms with E-state index in [1.165, 1.54) is 35.7 Å². The van der Waals surface area contributed by atoms with Gasteiger partial charge in [0.15, 0.2) is 11.2 Å². The van der Waals surface area contributed by atoms with Crippen molar-refractivity contribution in [2.24, 2.45) is 14.1 Å². The van der Waals surface area contributed by atoms with Crippen LogP contribution in [0, 0.1) is 0 Å². The molecule has 0 spiro atoms. The minimum absolute atomic E-state index is 0.101. The zero-order valence-corrected chi connectivity index (χ0v) is 17.2. The lowest BCUT2D eigenvalue weighted by Crippen LogP contribution is -2.42. The molecular formula is C19H22N6O6. The first-order chi connectivity index (χ1) is 14.8. The smallest absolute Gasteiger partial charge is 0.411 e. The van der Waals surface area contributed by atoms with Gasteiger partial charge in [-0.05, 0) is 18.2 Å². The van der Waals surface area contributed by atoms with Crippen molar-refractivity contribution in [1.82, 2.24) is 18.7 Å². The second kappa shape index (κ2) is 9.26. The van der Waals surface area contributed by atoms with Gasteiger partial charge in [-0.15, -0.1) is 0 Å². The summed E-state index contributed by atoms with van der Waals surface area (Å²) < 4.78 is 13.3. The monoisotopic (exact) mass is 430 g/mol. The predicted molar refractivity (Wildman–Crippen MR) is 112 cm³/mol. The van der Waals surface area contributed by atoms with E-state index in [0.29, 0.717) is 11.4 Å². The second-order valence-electron chi connectivity index (χ2n) is 6.64. The highest BCUT2D eigenvalue weighted by Gasteiger charge is 2.17. The molecule has 0 aliphatic carbocycles. The maximum Gasteiger partial charge on any atom is 0.411 e. The highest BCUT2D eigenvalue weighted by molar-refractivity contribution is 5.92. The number of hydrogen-bond acceptors (Lipinski definition) is 7. The van der Waals surface area contributed by atoms with Crippen molar-refractivity contribution >= 4 is 34.5 Å². The Labute approximate surface area is 176 Å². The van der Waals surface area contributed by atoms with Gasteiger partial charge in [-0.1, -0.05) is 6.07 Å². The van der Waals surface area contributed by atoms with Gasteiger partial charge in [-0.25, -0.2) is 19.1 Å². The van der Waals surface area contributed by atoms with E-state index < -0.39 is 29.8 Å². The van der Waals surface area contributed by atoms with Gasteiger partial charge in [0.05, 0.1) is 12.9 Å². The van der Waals surface area contributed by atoms with Gasteiger partial charge in [0.25, 0.3) is 5.56 Å². The van der Waals surface area contributed by atoms with Crippen LogP contribution in [0.5, 0.6) is 0 Å². The zero-order valence-electron chi connectivity index (χ0n) is 17.2. The number of nitrogens with zero attached hydrogens (tertiary/aromatic N) is 4. The minimum Gasteiger partial charge on any atom is -0.447 e. The third-order valence-corrected chi connectivity index (χ3v) is 4.42. The molecular weight excluding hydrogens is 408 g/mol. The number of hydrogen-bond donors (Lipinski definition) is 2. The Kier molecular flexibility index (Phi) is 6.50. The molecule has 2 N–H and O–H groups in total. The van der Waals surface area contributed by atoms with E-state index in [-0.39, 0.29) is 24.4 Å². The normalized spacial score (nSPS) is 10.8. The van der Waals surface area contributed by atoms with Crippen molar-refractivity contribution in [1.29, 1.82) is 0 Å². The average Bonchev–Trinajstić information content (AvgIpc) is 3.12. The Bertz CT molecular complexity index is 1240. The van der Waals surface area contributed by atoms with Crippen LogP contribution < -0.4 is 21.9 Å². The molecule has 0 aliphatic heterocycles. The molecule has 3 aromatic rings. The summed E-state index contributed by atoms with van der Waals surface area (Å²) >= 11 is 0. The van der Waals surface area contributed by atoms with Crippen molar-refractivity contribution in [2.75, 3.05) is 31.0 Å². The van der Waals surface area contributed by atoms with Crippen molar-refractivity contribution in [3.63, 3.8) is 0 Å². The average molecular weight is 430 g/mol. The van der Waals surface area contributed by atoms with Crippen LogP contribution in [0.25, 0.3) is 11.2 Å². The van der Waals surface area contributed by atoms with Crippen LogP contribution in [0.15, 0.2) is 40.2 Å². The van der Waals surface area contributed by atoms with Crippen LogP contribution in [0.3, 0.4) is 0 Å². The van der Waals surface area contributed by atoms with Gasteiger partial charge in [0.2, 0.25) is 5.91 Å². The van der Waals surface area contributed by atoms with Crippen LogP contribution >= 0.6 is 0 Å². The molecule has 1 aromatic carbocycles. The Balaban J connectivity index is 1.73. The van der Waals surface area contributed by atoms with E-state index in [0.717, 1.165) is 4.57 Å². The zero-order chi connectivity index (χ0) is 22.5. The number of carbonyl (C=O) groups is 2. The molecule has 0 aliphatic rings.